The molecule has 24 heavy (non-hydrogen) atoms. The highest BCUT2D eigenvalue weighted by molar-refractivity contribution is 5.97. The predicted octanol–water partition coefficient (Wildman–Crippen LogP) is 1.08. The second-order valence-corrected chi connectivity index (χ2v) is 7.18. The van der Waals surface area contributed by atoms with E-state index in [1.165, 1.54) is 37.0 Å². The van der Waals surface area contributed by atoms with Gasteiger partial charge in [0.15, 0.2) is 6.54 Å². The highest BCUT2D eigenvalue weighted by Crippen LogP contribution is 2.32. The molecule has 3 atom stereocenters. The fraction of sp³-hybridized carbons (Fsp3) is 0.579. The van der Waals surface area contributed by atoms with E-state index in [1.807, 2.05) is 6.07 Å². The van der Waals surface area contributed by atoms with Crippen molar-refractivity contribution in [3.63, 3.8) is 0 Å². The van der Waals surface area contributed by atoms with Gasteiger partial charge in [-0.25, -0.2) is 0 Å². The average Bonchev–Trinajstić information content (AvgIpc) is 2.61. The van der Waals surface area contributed by atoms with E-state index in [0.717, 1.165) is 24.9 Å². The zero-order chi connectivity index (χ0) is 16.9. The molecule has 0 aromatic heterocycles. The topological polar surface area (TPSA) is 62.6 Å². The molecule has 2 fully saturated rings. The zero-order valence-electron chi connectivity index (χ0n) is 14.4. The number of anilines is 1. The fourth-order valence-electron chi connectivity index (χ4n) is 4.27. The molecule has 1 aliphatic heterocycles. The van der Waals surface area contributed by atoms with Crippen LogP contribution in [0.25, 0.3) is 0 Å². The molecule has 1 saturated carbocycles. The van der Waals surface area contributed by atoms with E-state index >= 15 is 0 Å². The van der Waals surface area contributed by atoms with Crippen molar-refractivity contribution in [2.45, 2.75) is 32.1 Å². The Hall–Kier alpha value is -1.88. The summed E-state index contributed by atoms with van der Waals surface area (Å²) in [4.78, 5) is 25.4. The third kappa shape index (κ3) is 4.15. The van der Waals surface area contributed by atoms with E-state index in [4.69, 9.17) is 0 Å². The third-order valence-corrected chi connectivity index (χ3v) is 5.53. The van der Waals surface area contributed by atoms with Gasteiger partial charge in [-0.3, -0.25) is 9.59 Å². The number of hydrogen-bond acceptors (Lipinski definition) is 2. The van der Waals surface area contributed by atoms with Gasteiger partial charge in [0.05, 0.1) is 13.1 Å². The Morgan fingerprint density at radius 3 is 2.75 bits per heavy atom. The normalized spacial score (nSPS) is 26.3. The van der Waals surface area contributed by atoms with Crippen molar-refractivity contribution in [3.05, 3.63) is 29.8 Å². The van der Waals surface area contributed by atoms with Crippen molar-refractivity contribution >= 4 is 17.5 Å². The van der Waals surface area contributed by atoms with Crippen molar-refractivity contribution in [2.75, 3.05) is 32.0 Å². The molecule has 3 N–H and O–H groups in total. The first kappa shape index (κ1) is 17.0. The van der Waals surface area contributed by atoms with Crippen LogP contribution < -0.4 is 15.5 Å². The highest BCUT2D eigenvalue weighted by Gasteiger charge is 2.34. The zero-order valence-corrected chi connectivity index (χ0v) is 14.4. The number of piperidine rings is 1. The predicted molar refractivity (Wildman–Crippen MR) is 94.1 cm³/mol. The van der Waals surface area contributed by atoms with Crippen LogP contribution in [0.4, 0.5) is 5.69 Å². The monoisotopic (exact) mass is 330 g/mol. The minimum absolute atomic E-state index is 0.0355. The fourth-order valence-corrected chi connectivity index (χ4v) is 4.27. The first-order chi connectivity index (χ1) is 11.7. The van der Waals surface area contributed by atoms with E-state index in [-0.39, 0.29) is 11.8 Å². The Kier molecular flexibility index (Phi) is 5.51. The van der Waals surface area contributed by atoms with Gasteiger partial charge >= 0.3 is 0 Å². The number of fused-ring (bicyclic) bond motifs is 1. The summed E-state index contributed by atoms with van der Waals surface area (Å²) in [6, 6.07) is 7.08. The molecule has 1 unspecified atom stereocenters. The van der Waals surface area contributed by atoms with Gasteiger partial charge in [0.2, 0.25) is 0 Å². The number of carbonyl (C=O) groups is 2. The van der Waals surface area contributed by atoms with Crippen molar-refractivity contribution in [2.24, 2.45) is 11.8 Å². The lowest BCUT2D eigenvalue weighted by Gasteiger charge is -2.38. The van der Waals surface area contributed by atoms with Crippen molar-refractivity contribution < 1.29 is 14.5 Å². The first-order valence-electron chi connectivity index (χ1n) is 9.11. The molecule has 0 bridgehead atoms. The highest BCUT2D eigenvalue weighted by atomic mass is 16.2. The second kappa shape index (κ2) is 7.79. The van der Waals surface area contributed by atoms with Gasteiger partial charge in [-0.15, -0.1) is 0 Å². The summed E-state index contributed by atoms with van der Waals surface area (Å²) in [6.07, 6.45) is 6.73. The van der Waals surface area contributed by atoms with Gasteiger partial charge in [-0.05, 0) is 43.4 Å². The summed E-state index contributed by atoms with van der Waals surface area (Å²) in [6.45, 7) is 2.76. The van der Waals surface area contributed by atoms with Gasteiger partial charge in [-0.2, -0.15) is 0 Å². The molecular weight excluding hydrogens is 302 g/mol. The summed E-state index contributed by atoms with van der Waals surface area (Å²) in [5.74, 6) is 1.60. The largest absolute Gasteiger partial charge is 0.355 e. The van der Waals surface area contributed by atoms with E-state index < -0.39 is 0 Å². The lowest BCUT2D eigenvalue weighted by atomic mass is 9.75. The van der Waals surface area contributed by atoms with Crippen LogP contribution in [0.1, 0.15) is 42.5 Å². The van der Waals surface area contributed by atoms with Crippen LogP contribution >= 0.6 is 0 Å². The Morgan fingerprint density at radius 2 is 1.96 bits per heavy atom. The van der Waals surface area contributed by atoms with Crippen LogP contribution in [0.2, 0.25) is 0 Å². The van der Waals surface area contributed by atoms with Gasteiger partial charge < -0.3 is 15.5 Å². The Labute approximate surface area is 143 Å². The summed E-state index contributed by atoms with van der Waals surface area (Å²) in [5, 5.41) is 5.54. The van der Waals surface area contributed by atoms with Gasteiger partial charge in [-0.1, -0.05) is 18.9 Å². The molecule has 3 rings (SSSR count). The lowest BCUT2D eigenvalue weighted by molar-refractivity contribution is -0.902. The quantitative estimate of drug-likeness (QED) is 0.774. The van der Waals surface area contributed by atoms with E-state index in [1.54, 1.807) is 25.2 Å². The summed E-state index contributed by atoms with van der Waals surface area (Å²) < 4.78 is 0. The van der Waals surface area contributed by atoms with Gasteiger partial charge in [0.1, 0.15) is 0 Å². The molecule has 1 aliphatic carbocycles. The molecule has 130 valence electrons. The number of amides is 2. The minimum Gasteiger partial charge on any atom is -0.355 e. The summed E-state index contributed by atoms with van der Waals surface area (Å²) in [7, 11) is 1.60. The molecule has 2 amide bonds. The number of hydrogen-bond donors (Lipinski definition) is 3. The standard InChI is InChI=1S/C19H27N3O2/c1-20-19(24)15-7-4-8-17(11-15)21-18(23)13-22-10-9-14-5-2-3-6-16(14)12-22/h4,7-8,11,14,16H,2-3,5-6,9-10,12-13H2,1H3,(H,20,24)(H,21,23)/p+1/t14-,16-/m1/s1. The summed E-state index contributed by atoms with van der Waals surface area (Å²) in [5.41, 5.74) is 1.25. The minimum atomic E-state index is -0.143. The van der Waals surface area contributed by atoms with Crippen LogP contribution in [-0.4, -0.2) is 38.5 Å². The first-order valence-corrected chi connectivity index (χ1v) is 9.11. The Bertz CT molecular complexity index is 602. The van der Waals surface area contributed by atoms with Crippen LogP contribution in [-0.2, 0) is 4.79 Å². The lowest BCUT2D eigenvalue weighted by Crippen LogP contribution is -3.15. The third-order valence-electron chi connectivity index (χ3n) is 5.53. The van der Waals surface area contributed by atoms with Gasteiger partial charge in [0.25, 0.3) is 11.8 Å². The molecule has 0 radical (unpaired) electrons. The average molecular weight is 330 g/mol. The molecule has 5 nitrogen and oxygen atoms in total. The van der Waals surface area contributed by atoms with E-state index in [0.29, 0.717) is 17.8 Å². The maximum absolute atomic E-state index is 12.4. The molecule has 1 aromatic carbocycles. The molecule has 1 saturated heterocycles. The molecule has 1 aromatic rings. The number of benzene rings is 1. The van der Waals surface area contributed by atoms with Crippen molar-refractivity contribution in [3.8, 4) is 0 Å². The molecule has 2 aliphatic rings. The second-order valence-electron chi connectivity index (χ2n) is 7.18. The van der Waals surface area contributed by atoms with Crippen LogP contribution in [0, 0.1) is 11.8 Å². The van der Waals surface area contributed by atoms with E-state index in [9.17, 15) is 9.59 Å². The van der Waals surface area contributed by atoms with Crippen molar-refractivity contribution in [1.29, 1.82) is 0 Å². The van der Waals surface area contributed by atoms with Gasteiger partial charge in [0, 0.05) is 24.2 Å². The van der Waals surface area contributed by atoms with Crippen LogP contribution in [0.15, 0.2) is 24.3 Å². The maximum atomic E-state index is 12.4. The molecule has 1 heterocycles. The Morgan fingerprint density at radius 1 is 1.17 bits per heavy atom. The number of rotatable bonds is 4. The number of quaternary nitrogens is 1. The van der Waals surface area contributed by atoms with Crippen LogP contribution in [0.5, 0.6) is 0 Å². The van der Waals surface area contributed by atoms with E-state index in [2.05, 4.69) is 10.6 Å². The SMILES string of the molecule is CNC(=O)c1cccc(NC(=O)C[NH+]2CC[C@H]3CCCC[C@@H]3C2)c1. The molecular formula is C19H28N3O2+. The maximum Gasteiger partial charge on any atom is 0.279 e. The summed E-state index contributed by atoms with van der Waals surface area (Å²) >= 11 is 0. The Balaban J connectivity index is 1.53. The van der Waals surface area contributed by atoms with Crippen LogP contribution in [0.3, 0.4) is 0 Å². The molecule has 0 spiro atoms. The molecule has 5 heteroatoms. The number of nitrogens with one attached hydrogen (secondary N) is 3. The smallest absolute Gasteiger partial charge is 0.279 e. The van der Waals surface area contributed by atoms with Crippen molar-refractivity contribution in [1.82, 2.24) is 5.32 Å². The number of likely N-dealkylation sites (tertiary alicyclic amines) is 1. The number of carbonyl (C=O) groups excluding carboxylic acids is 2.